The van der Waals surface area contributed by atoms with Crippen molar-refractivity contribution in [3.05, 3.63) is 29.3 Å². The molecule has 1 amide bonds. The highest BCUT2D eigenvalue weighted by atomic mass is 16.3. The number of nitrogens with zero attached hydrogens (tertiary/aromatic N) is 1. The van der Waals surface area contributed by atoms with Gasteiger partial charge in [0.05, 0.1) is 6.10 Å². The second-order valence-corrected chi connectivity index (χ2v) is 6.97. The molecule has 2 unspecified atom stereocenters. The number of amides is 1. The van der Waals surface area contributed by atoms with E-state index in [4.69, 9.17) is 0 Å². The van der Waals surface area contributed by atoms with Crippen molar-refractivity contribution in [3.8, 4) is 0 Å². The highest BCUT2D eigenvalue weighted by molar-refractivity contribution is 5.92. The number of benzene rings is 1. The molecular formula is C19H31N3O2. The summed E-state index contributed by atoms with van der Waals surface area (Å²) in [5.41, 5.74) is 3.15. The molecule has 5 heteroatoms. The van der Waals surface area contributed by atoms with Crippen LogP contribution in [0, 0.1) is 13.8 Å². The van der Waals surface area contributed by atoms with Crippen molar-refractivity contribution < 1.29 is 9.90 Å². The summed E-state index contributed by atoms with van der Waals surface area (Å²) in [5.74, 6) is -0.00210. The second kappa shape index (κ2) is 9.16. The summed E-state index contributed by atoms with van der Waals surface area (Å²) < 4.78 is 0. The maximum Gasteiger partial charge on any atom is 0.225 e. The van der Waals surface area contributed by atoms with Gasteiger partial charge >= 0.3 is 0 Å². The molecule has 0 saturated carbocycles. The first-order chi connectivity index (χ1) is 11.5. The Labute approximate surface area is 145 Å². The normalized spacial score (nSPS) is 17.7. The maximum atomic E-state index is 12.2. The Kier molecular flexibility index (Phi) is 7.21. The van der Waals surface area contributed by atoms with Gasteiger partial charge in [0.1, 0.15) is 0 Å². The van der Waals surface area contributed by atoms with E-state index in [1.165, 1.54) is 18.4 Å². The zero-order valence-electron chi connectivity index (χ0n) is 15.1. The number of carbonyl (C=O) groups excluding carboxylic acids is 1. The highest BCUT2D eigenvalue weighted by Gasteiger charge is 2.17. The number of aliphatic hydroxyl groups is 1. The van der Waals surface area contributed by atoms with E-state index in [0.717, 1.165) is 24.3 Å². The molecule has 0 aromatic heterocycles. The molecule has 134 valence electrons. The topological polar surface area (TPSA) is 64.6 Å². The minimum absolute atomic E-state index is 0.00210. The number of nitrogens with one attached hydrogen (secondary N) is 2. The summed E-state index contributed by atoms with van der Waals surface area (Å²) >= 11 is 0. The maximum absolute atomic E-state index is 12.2. The predicted octanol–water partition coefficient (Wildman–Crippen LogP) is 2.07. The highest BCUT2D eigenvalue weighted by Crippen LogP contribution is 2.18. The van der Waals surface area contributed by atoms with Gasteiger partial charge in [-0.05, 0) is 63.9 Å². The lowest BCUT2D eigenvalue weighted by Crippen LogP contribution is -2.41. The van der Waals surface area contributed by atoms with Crippen molar-refractivity contribution in [2.45, 2.75) is 52.2 Å². The molecule has 0 radical (unpaired) electrons. The SMILES string of the molecule is Cc1cccc(NC(=O)CC(C)NCC(O)CN2CCCC2)c1C. The van der Waals surface area contributed by atoms with Crippen LogP contribution in [0.5, 0.6) is 0 Å². The van der Waals surface area contributed by atoms with Crippen LogP contribution in [0.25, 0.3) is 0 Å². The van der Waals surface area contributed by atoms with Gasteiger partial charge in [-0.3, -0.25) is 4.79 Å². The fraction of sp³-hybridized carbons (Fsp3) is 0.632. The number of hydrogen-bond acceptors (Lipinski definition) is 4. The van der Waals surface area contributed by atoms with Crippen LogP contribution in [0.15, 0.2) is 18.2 Å². The number of aliphatic hydroxyl groups excluding tert-OH is 1. The van der Waals surface area contributed by atoms with Crippen LogP contribution in [0.2, 0.25) is 0 Å². The smallest absolute Gasteiger partial charge is 0.225 e. The third kappa shape index (κ3) is 5.89. The Balaban J connectivity index is 1.70. The molecule has 2 atom stereocenters. The summed E-state index contributed by atoms with van der Waals surface area (Å²) in [4.78, 5) is 14.5. The Morgan fingerprint density at radius 3 is 2.71 bits per heavy atom. The zero-order chi connectivity index (χ0) is 17.5. The Morgan fingerprint density at radius 2 is 2.00 bits per heavy atom. The van der Waals surface area contributed by atoms with Crippen LogP contribution in [-0.4, -0.2) is 54.2 Å². The predicted molar refractivity (Wildman–Crippen MR) is 98.3 cm³/mol. The standard InChI is InChI=1S/C19H31N3O2/c1-14-7-6-8-18(16(14)3)21-19(24)11-15(2)20-12-17(23)13-22-9-4-5-10-22/h6-8,15,17,20,23H,4-5,9-13H2,1-3H3,(H,21,24). The van der Waals surface area contributed by atoms with Gasteiger partial charge in [-0.2, -0.15) is 0 Å². The minimum atomic E-state index is -0.382. The lowest BCUT2D eigenvalue weighted by Gasteiger charge is -2.21. The van der Waals surface area contributed by atoms with Crippen molar-refractivity contribution in [3.63, 3.8) is 0 Å². The van der Waals surface area contributed by atoms with Gasteiger partial charge in [0, 0.05) is 31.2 Å². The quantitative estimate of drug-likeness (QED) is 0.681. The van der Waals surface area contributed by atoms with Crippen LogP contribution in [0.4, 0.5) is 5.69 Å². The molecule has 0 aliphatic carbocycles. The van der Waals surface area contributed by atoms with Crippen LogP contribution < -0.4 is 10.6 Å². The number of β-amino-alcohol motifs (C(OH)–C–C–N with tert-alkyl or cyclic N) is 1. The number of anilines is 1. The first-order valence-corrected chi connectivity index (χ1v) is 8.95. The lowest BCUT2D eigenvalue weighted by molar-refractivity contribution is -0.116. The van der Waals surface area contributed by atoms with E-state index in [9.17, 15) is 9.90 Å². The molecule has 5 nitrogen and oxygen atoms in total. The first-order valence-electron chi connectivity index (χ1n) is 8.95. The van der Waals surface area contributed by atoms with E-state index in [0.29, 0.717) is 19.5 Å². The zero-order valence-corrected chi connectivity index (χ0v) is 15.1. The van der Waals surface area contributed by atoms with E-state index in [-0.39, 0.29) is 18.1 Å². The van der Waals surface area contributed by atoms with E-state index < -0.39 is 0 Å². The van der Waals surface area contributed by atoms with Crippen molar-refractivity contribution in [1.29, 1.82) is 0 Å². The van der Waals surface area contributed by atoms with E-state index >= 15 is 0 Å². The Bertz CT molecular complexity index is 541. The molecule has 24 heavy (non-hydrogen) atoms. The van der Waals surface area contributed by atoms with Gasteiger partial charge in [0.2, 0.25) is 5.91 Å². The fourth-order valence-corrected chi connectivity index (χ4v) is 3.10. The summed E-state index contributed by atoms with van der Waals surface area (Å²) in [6.45, 7) is 9.45. The van der Waals surface area contributed by atoms with Crippen LogP contribution in [0.1, 0.15) is 37.3 Å². The first kappa shape index (κ1) is 18.9. The van der Waals surface area contributed by atoms with E-state index in [1.54, 1.807) is 0 Å². The van der Waals surface area contributed by atoms with Gasteiger partial charge in [-0.1, -0.05) is 12.1 Å². The molecule has 1 aliphatic rings. The van der Waals surface area contributed by atoms with Crippen LogP contribution in [-0.2, 0) is 4.79 Å². The second-order valence-electron chi connectivity index (χ2n) is 6.97. The number of carbonyl (C=O) groups is 1. The third-order valence-electron chi connectivity index (χ3n) is 4.74. The number of rotatable bonds is 8. The van der Waals surface area contributed by atoms with Crippen molar-refractivity contribution in [1.82, 2.24) is 10.2 Å². The third-order valence-corrected chi connectivity index (χ3v) is 4.74. The fourth-order valence-electron chi connectivity index (χ4n) is 3.10. The van der Waals surface area contributed by atoms with Crippen LogP contribution >= 0.6 is 0 Å². The molecule has 1 fully saturated rings. The summed E-state index contributed by atoms with van der Waals surface area (Å²) in [6.07, 6.45) is 2.47. The summed E-state index contributed by atoms with van der Waals surface area (Å²) in [6, 6.07) is 5.95. The molecule has 1 heterocycles. The summed E-state index contributed by atoms with van der Waals surface area (Å²) in [5, 5.41) is 16.3. The number of likely N-dealkylation sites (tertiary alicyclic amines) is 1. The van der Waals surface area contributed by atoms with Crippen molar-refractivity contribution in [2.24, 2.45) is 0 Å². The Morgan fingerprint density at radius 1 is 1.29 bits per heavy atom. The molecule has 1 aliphatic heterocycles. The van der Waals surface area contributed by atoms with Crippen molar-refractivity contribution in [2.75, 3.05) is 31.5 Å². The van der Waals surface area contributed by atoms with E-state index in [1.807, 2.05) is 39.0 Å². The molecule has 1 aromatic rings. The van der Waals surface area contributed by atoms with Crippen LogP contribution in [0.3, 0.4) is 0 Å². The monoisotopic (exact) mass is 333 g/mol. The minimum Gasteiger partial charge on any atom is -0.390 e. The van der Waals surface area contributed by atoms with E-state index in [2.05, 4.69) is 15.5 Å². The van der Waals surface area contributed by atoms with Gasteiger partial charge < -0.3 is 20.6 Å². The molecule has 0 bridgehead atoms. The molecule has 3 N–H and O–H groups in total. The van der Waals surface area contributed by atoms with Gasteiger partial charge in [-0.15, -0.1) is 0 Å². The average molecular weight is 333 g/mol. The van der Waals surface area contributed by atoms with Gasteiger partial charge in [0.15, 0.2) is 0 Å². The lowest BCUT2D eigenvalue weighted by atomic mass is 10.1. The van der Waals surface area contributed by atoms with Gasteiger partial charge in [0.25, 0.3) is 0 Å². The van der Waals surface area contributed by atoms with Gasteiger partial charge in [-0.25, -0.2) is 0 Å². The Hall–Kier alpha value is -1.43. The van der Waals surface area contributed by atoms with Crippen molar-refractivity contribution >= 4 is 11.6 Å². The molecular weight excluding hydrogens is 302 g/mol. The summed E-state index contributed by atoms with van der Waals surface area (Å²) in [7, 11) is 0. The molecule has 2 rings (SSSR count). The number of hydrogen-bond donors (Lipinski definition) is 3. The average Bonchev–Trinajstić information content (AvgIpc) is 3.03. The molecule has 1 aromatic carbocycles. The largest absolute Gasteiger partial charge is 0.390 e. The molecule has 0 spiro atoms. The molecule has 1 saturated heterocycles. The number of aryl methyl sites for hydroxylation is 1.